The van der Waals surface area contributed by atoms with Crippen LogP contribution >= 0.6 is 15.9 Å². The topological polar surface area (TPSA) is 74.8 Å². The van der Waals surface area contributed by atoms with Crippen molar-refractivity contribution >= 4 is 28.1 Å². The van der Waals surface area contributed by atoms with E-state index in [1.807, 2.05) is 0 Å². The third kappa shape index (κ3) is 2.98. The number of halogens is 1. The quantitative estimate of drug-likeness (QED) is 0.676. The van der Waals surface area contributed by atoms with Gasteiger partial charge in [-0.25, -0.2) is 5.43 Å². The molecule has 2 N–H and O–H groups in total. The first-order valence-electron chi connectivity index (χ1n) is 5.01. The zero-order valence-electron chi connectivity index (χ0n) is 9.13. The second kappa shape index (κ2) is 5.50. The molecule has 92 valence electrons. The first-order valence-corrected chi connectivity index (χ1v) is 5.80. The number of carbonyl (C=O) groups is 1. The SMILES string of the molecule is O=C(NN=Cc1ccc(Br)cc1O)c1ccoc1. The summed E-state index contributed by atoms with van der Waals surface area (Å²) >= 11 is 3.23. The number of furan rings is 1. The molecule has 5 nitrogen and oxygen atoms in total. The van der Waals surface area contributed by atoms with Gasteiger partial charge in [-0.2, -0.15) is 5.10 Å². The zero-order valence-corrected chi connectivity index (χ0v) is 10.7. The number of amides is 1. The van der Waals surface area contributed by atoms with Crippen molar-refractivity contribution in [2.75, 3.05) is 0 Å². The van der Waals surface area contributed by atoms with Gasteiger partial charge in [0.2, 0.25) is 0 Å². The van der Waals surface area contributed by atoms with E-state index in [0.717, 1.165) is 4.47 Å². The molecule has 0 saturated heterocycles. The Labute approximate surface area is 111 Å². The average molecular weight is 309 g/mol. The molecule has 1 amide bonds. The van der Waals surface area contributed by atoms with E-state index in [2.05, 4.69) is 26.5 Å². The Bertz CT molecular complexity index is 579. The summed E-state index contributed by atoms with van der Waals surface area (Å²) in [6.45, 7) is 0. The van der Waals surface area contributed by atoms with Crippen LogP contribution in [0.5, 0.6) is 5.75 Å². The van der Waals surface area contributed by atoms with Crippen molar-refractivity contribution in [1.29, 1.82) is 0 Å². The number of nitrogens with one attached hydrogen (secondary N) is 1. The summed E-state index contributed by atoms with van der Waals surface area (Å²) in [7, 11) is 0. The third-order valence-corrected chi connectivity index (χ3v) is 2.64. The number of rotatable bonds is 3. The largest absolute Gasteiger partial charge is 0.507 e. The number of hydrogen-bond acceptors (Lipinski definition) is 4. The molecule has 0 fully saturated rings. The van der Waals surface area contributed by atoms with E-state index in [4.69, 9.17) is 4.42 Å². The minimum Gasteiger partial charge on any atom is -0.507 e. The van der Waals surface area contributed by atoms with Crippen LogP contribution in [-0.2, 0) is 0 Å². The van der Waals surface area contributed by atoms with Gasteiger partial charge in [-0.15, -0.1) is 0 Å². The molecule has 0 unspecified atom stereocenters. The van der Waals surface area contributed by atoms with E-state index in [0.29, 0.717) is 11.1 Å². The standard InChI is InChI=1S/C12H9BrN2O3/c13-10-2-1-8(11(16)5-10)6-14-15-12(17)9-3-4-18-7-9/h1-7,16H,(H,15,17). The van der Waals surface area contributed by atoms with Crippen LogP contribution in [0.15, 0.2) is 50.8 Å². The summed E-state index contributed by atoms with van der Waals surface area (Å²) in [4.78, 5) is 11.5. The second-order valence-electron chi connectivity index (χ2n) is 3.41. The zero-order chi connectivity index (χ0) is 13.0. The van der Waals surface area contributed by atoms with Crippen LogP contribution < -0.4 is 5.43 Å². The van der Waals surface area contributed by atoms with Crippen molar-refractivity contribution in [2.45, 2.75) is 0 Å². The van der Waals surface area contributed by atoms with Crippen LogP contribution in [0.25, 0.3) is 0 Å². The van der Waals surface area contributed by atoms with Crippen molar-refractivity contribution < 1.29 is 14.3 Å². The number of hydrogen-bond donors (Lipinski definition) is 2. The predicted molar refractivity (Wildman–Crippen MR) is 69.6 cm³/mol. The lowest BCUT2D eigenvalue weighted by molar-refractivity contribution is 0.0954. The van der Waals surface area contributed by atoms with Crippen LogP contribution in [-0.4, -0.2) is 17.2 Å². The Balaban J connectivity index is 2.01. The van der Waals surface area contributed by atoms with Gasteiger partial charge in [-0.05, 0) is 24.3 Å². The fourth-order valence-corrected chi connectivity index (χ4v) is 1.59. The summed E-state index contributed by atoms with van der Waals surface area (Å²) in [6, 6.07) is 6.51. The Hall–Kier alpha value is -2.08. The van der Waals surface area contributed by atoms with Gasteiger partial charge in [0.25, 0.3) is 5.91 Å². The first kappa shape index (κ1) is 12.4. The van der Waals surface area contributed by atoms with Gasteiger partial charge < -0.3 is 9.52 Å². The summed E-state index contributed by atoms with van der Waals surface area (Å²) in [5.74, 6) is -0.303. The van der Waals surface area contributed by atoms with Crippen molar-refractivity contribution in [3.05, 3.63) is 52.4 Å². The van der Waals surface area contributed by atoms with Gasteiger partial charge in [0.05, 0.1) is 18.0 Å². The molecular weight excluding hydrogens is 300 g/mol. The predicted octanol–water partition coefficient (Wildman–Crippen LogP) is 2.51. The molecule has 0 aliphatic carbocycles. The molecule has 0 aliphatic rings. The first-order chi connectivity index (χ1) is 8.66. The number of hydrazone groups is 1. The smallest absolute Gasteiger partial charge is 0.274 e. The third-order valence-electron chi connectivity index (χ3n) is 2.15. The van der Waals surface area contributed by atoms with E-state index in [-0.39, 0.29) is 11.7 Å². The van der Waals surface area contributed by atoms with Gasteiger partial charge >= 0.3 is 0 Å². The minimum absolute atomic E-state index is 0.0747. The number of benzene rings is 1. The maximum absolute atomic E-state index is 11.5. The van der Waals surface area contributed by atoms with Crippen molar-refractivity contribution in [3.63, 3.8) is 0 Å². The van der Waals surface area contributed by atoms with Gasteiger partial charge in [0, 0.05) is 10.0 Å². The van der Waals surface area contributed by atoms with Crippen molar-refractivity contribution in [3.8, 4) is 5.75 Å². The molecule has 0 saturated carbocycles. The molecule has 1 aromatic carbocycles. The maximum atomic E-state index is 11.5. The fraction of sp³-hybridized carbons (Fsp3) is 0. The molecule has 6 heteroatoms. The summed E-state index contributed by atoms with van der Waals surface area (Å²) in [5, 5.41) is 13.3. The van der Waals surface area contributed by atoms with Gasteiger partial charge in [0.15, 0.2) is 0 Å². The lowest BCUT2D eigenvalue weighted by Crippen LogP contribution is -2.16. The Morgan fingerprint density at radius 1 is 1.44 bits per heavy atom. The monoisotopic (exact) mass is 308 g/mol. The highest BCUT2D eigenvalue weighted by molar-refractivity contribution is 9.10. The van der Waals surface area contributed by atoms with Crippen LogP contribution in [0.4, 0.5) is 0 Å². The normalized spacial score (nSPS) is 10.7. The number of carbonyl (C=O) groups excluding carboxylic acids is 1. The fourth-order valence-electron chi connectivity index (χ4n) is 1.24. The van der Waals surface area contributed by atoms with E-state index >= 15 is 0 Å². The van der Waals surface area contributed by atoms with Crippen molar-refractivity contribution in [1.82, 2.24) is 5.43 Å². The number of nitrogens with zero attached hydrogens (tertiary/aromatic N) is 1. The lowest BCUT2D eigenvalue weighted by atomic mass is 10.2. The van der Waals surface area contributed by atoms with E-state index in [9.17, 15) is 9.90 Å². The van der Waals surface area contributed by atoms with Crippen molar-refractivity contribution in [2.24, 2.45) is 5.10 Å². The van der Waals surface area contributed by atoms with Crippen LogP contribution in [0.2, 0.25) is 0 Å². The molecule has 18 heavy (non-hydrogen) atoms. The van der Waals surface area contributed by atoms with Crippen LogP contribution in [0.1, 0.15) is 15.9 Å². The van der Waals surface area contributed by atoms with E-state index in [1.54, 1.807) is 18.2 Å². The molecule has 2 rings (SSSR count). The maximum Gasteiger partial charge on any atom is 0.274 e. The van der Waals surface area contributed by atoms with Gasteiger partial charge in [0.1, 0.15) is 12.0 Å². The molecule has 1 aromatic heterocycles. The summed E-state index contributed by atoms with van der Waals surface area (Å²) in [5.41, 5.74) is 3.21. The molecule has 2 aromatic rings. The highest BCUT2D eigenvalue weighted by atomic mass is 79.9. The highest BCUT2D eigenvalue weighted by Crippen LogP contribution is 2.20. The molecule has 0 bridgehead atoms. The van der Waals surface area contributed by atoms with Gasteiger partial charge in [-0.3, -0.25) is 4.79 Å². The Morgan fingerprint density at radius 3 is 2.94 bits per heavy atom. The lowest BCUT2D eigenvalue weighted by Gasteiger charge is -1.99. The molecular formula is C12H9BrN2O3. The minimum atomic E-state index is -0.378. The molecule has 1 heterocycles. The molecule has 0 spiro atoms. The highest BCUT2D eigenvalue weighted by Gasteiger charge is 2.04. The molecule has 0 atom stereocenters. The van der Waals surface area contributed by atoms with Crippen LogP contribution in [0.3, 0.4) is 0 Å². The number of aromatic hydroxyl groups is 1. The molecule has 0 aliphatic heterocycles. The Morgan fingerprint density at radius 2 is 2.28 bits per heavy atom. The van der Waals surface area contributed by atoms with Gasteiger partial charge in [-0.1, -0.05) is 15.9 Å². The number of phenols is 1. The van der Waals surface area contributed by atoms with E-state index < -0.39 is 0 Å². The molecule has 0 radical (unpaired) electrons. The van der Waals surface area contributed by atoms with E-state index in [1.165, 1.54) is 24.8 Å². The number of phenolic OH excluding ortho intramolecular Hbond substituents is 1. The summed E-state index contributed by atoms with van der Waals surface area (Å²) < 4.78 is 5.54. The Kier molecular flexibility index (Phi) is 3.78. The summed E-state index contributed by atoms with van der Waals surface area (Å²) in [6.07, 6.45) is 4.08. The van der Waals surface area contributed by atoms with Crippen LogP contribution in [0, 0.1) is 0 Å². The average Bonchev–Trinajstić information content (AvgIpc) is 2.85. The second-order valence-corrected chi connectivity index (χ2v) is 4.33.